The Hall–Kier alpha value is -3.88. The molecule has 3 aromatic carbocycles. The number of nitrogens with one attached hydrogen (secondary N) is 2. The van der Waals surface area contributed by atoms with Crippen LogP contribution in [0, 0.1) is 11.8 Å². The second kappa shape index (κ2) is 8.47. The molecule has 0 aliphatic carbocycles. The molecule has 0 bridgehead atoms. The fourth-order valence-corrected chi connectivity index (χ4v) is 3.88. The van der Waals surface area contributed by atoms with Gasteiger partial charge in [-0.1, -0.05) is 54.5 Å². The second-order valence-electron chi connectivity index (χ2n) is 7.53. The topological polar surface area (TPSA) is 61.0 Å². The average Bonchev–Trinajstić information content (AvgIpc) is 3.26. The Morgan fingerprint density at radius 1 is 0.903 bits per heavy atom. The zero-order valence-corrected chi connectivity index (χ0v) is 17.1. The van der Waals surface area contributed by atoms with Crippen molar-refractivity contribution in [1.29, 1.82) is 0 Å². The Morgan fingerprint density at radius 3 is 2.52 bits per heavy atom. The van der Waals surface area contributed by atoms with E-state index in [1.165, 1.54) is 0 Å². The van der Waals surface area contributed by atoms with Gasteiger partial charge >= 0.3 is 0 Å². The van der Waals surface area contributed by atoms with Crippen molar-refractivity contribution >= 4 is 16.8 Å². The van der Waals surface area contributed by atoms with Gasteiger partial charge in [0.1, 0.15) is 5.69 Å². The fourth-order valence-electron chi connectivity index (χ4n) is 3.88. The molecule has 1 fully saturated rings. The van der Waals surface area contributed by atoms with Crippen LogP contribution in [0.25, 0.3) is 22.0 Å². The van der Waals surface area contributed by atoms with Crippen LogP contribution in [-0.2, 0) is 0 Å². The third-order valence-electron chi connectivity index (χ3n) is 5.54. The Bertz CT molecular complexity index is 1290. The number of rotatable bonds is 2. The van der Waals surface area contributed by atoms with Crippen LogP contribution < -0.4 is 5.32 Å². The summed E-state index contributed by atoms with van der Waals surface area (Å²) in [5, 5.41) is 11.5. The number of H-pyrrole nitrogens is 1. The summed E-state index contributed by atoms with van der Waals surface area (Å²) in [6, 6.07) is 24.0. The van der Waals surface area contributed by atoms with E-state index in [-0.39, 0.29) is 5.91 Å². The first-order valence-corrected chi connectivity index (χ1v) is 10.4. The molecule has 31 heavy (non-hydrogen) atoms. The lowest BCUT2D eigenvalue weighted by Crippen LogP contribution is -2.46. The predicted molar refractivity (Wildman–Crippen MR) is 123 cm³/mol. The van der Waals surface area contributed by atoms with Crippen molar-refractivity contribution in [1.82, 2.24) is 20.4 Å². The van der Waals surface area contributed by atoms with Gasteiger partial charge in [0.05, 0.1) is 5.52 Å². The number of hydrogen-bond acceptors (Lipinski definition) is 3. The molecule has 152 valence electrons. The van der Waals surface area contributed by atoms with Gasteiger partial charge in [-0.25, -0.2) is 0 Å². The van der Waals surface area contributed by atoms with E-state index in [0.717, 1.165) is 53.8 Å². The normalized spacial score (nSPS) is 13.6. The second-order valence-corrected chi connectivity index (χ2v) is 7.53. The number of nitrogens with zero attached hydrogens (tertiary/aromatic N) is 2. The summed E-state index contributed by atoms with van der Waals surface area (Å²) in [4.78, 5) is 14.8. The third kappa shape index (κ3) is 3.94. The van der Waals surface area contributed by atoms with Crippen LogP contribution >= 0.6 is 0 Å². The highest BCUT2D eigenvalue weighted by Gasteiger charge is 2.18. The molecule has 1 saturated heterocycles. The number of hydrogen-bond donors (Lipinski definition) is 2. The van der Waals surface area contributed by atoms with E-state index in [9.17, 15) is 4.79 Å². The molecule has 0 radical (unpaired) electrons. The van der Waals surface area contributed by atoms with E-state index < -0.39 is 0 Å². The number of aromatic amines is 1. The number of benzene rings is 3. The van der Waals surface area contributed by atoms with Gasteiger partial charge in [0.15, 0.2) is 0 Å². The Morgan fingerprint density at radius 2 is 1.68 bits per heavy atom. The van der Waals surface area contributed by atoms with Gasteiger partial charge in [0, 0.05) is 42.7 Å². The van der Waals surface area contributed by atoms with Crippen LogP contribution in [0.1, 0.15) is 21.6 Å². The number of carbonyl (C=O) groups is 1. The molecule has 5 heteroatoms. The molecule has 1 aliphatic rings. The van der Waals surface area contributed by atoms with Gasteiger partial charge in [0.25, 0.3) is 5.91 Å². The Balaban J connectivity index is 1.49. The Kier molecular flexibility index (Phi) is 5.22. The van der Waals surface area contributed by atoms with Crippen LogP contribution in [0.4, 0.5) is 0 Å². The van der Waals surface area contributed by atoms with Gasteiger partial charge in [0.2, 0.25) is 0 Å². The molecular weight excluding hydrogens is 384 g/mol. The molecule has 5 nitrogen and oxygen atoms in total. The maximum absolute atomic E-state index is 12.9. The molecule has 5 rings (SSSR count). The van der Waals surface area contributed by atoms with Gasteiger partial charge in [-0.3, -0.25) is 9.89 Å². The minimum Gasteiger partial charge on any atom is -0.336 e. The van der Waals surface area contributed by atoms with E-state index in [4.69, 9.17) is 0 Å². The minimum absolute atomic E-state index is 0.0536. The number of aromatic nitrogens is 2. The van der Waals surface area contributed by atoms with Crippen LogP contribution in [-0.4, -0.2) is 47.2 Å². The summed E-state index contributed by atoms with van der Waals surface area (Å²) in [5.41, 5.74) is 5.36. The predicted octanol–water partition coefficient (Wildman–Crippen LogP) is 3.68. The number of piperazine rings is 1. The van der Waals surface area contributed by atoms with E-state index in [1.54, 1.807) is 0 Å². The van der Waals surface area contributed by atoms with Crippen molar-refractivity contribution < 1.29 is 4.79 Å². The average molecular weight is 406 g/mol. The van der Waals surface area contributed by atoms with Crippen molar-refractivity contribution in [3.8, 4) is 23.0 Å². The maximum atomic E-state index is 12.9. The summed E-state index contributed by atoms with van der Waals surface area (Å²) < 4.78 is 0. The zero-order chi connectivity index (χ0) is 21.0. The standard InChI is InChI=1S/C26H22N4O/c31-26(30-16-14-27-15-17-30)21-11-13-25-23(18-21)24(28-29-25)12-10-20-8-4-5-9-22(20)19-6-2-1-3-7-19/h1-9,11,13,18,27H,14-17H2,(H,28,29). The van der Waals surface area contributed by atoms with Crippen LogP contribution in [0.15, 0.2) is 72.8 Å². The lowest BCUT2D eigenvalue weighted by molar-refractivity contribution is 0.0736. The minimum atomic E-state index is 0.0536. The molecule has 0 saturated carbocycles. The summed E-state index contributed by atoms with van der Waals surface area (Å²) in [6.07, 6.45) is 0. The molecule has 1 aromatic heterocycles. The van der Waals surface area contributed by atoms with Crippen molar-refractivity contribution in [2.75, 3.05) is 26.2 Å². The third-order valence-corrected chi connectivity index (χ3v) is 5.54. The first-order chi connectivity index (χ1) is 15.3. The lowest BCUT2D eigenvalue weighted by Gasteiger charge is -2.27. The number of fused-ring (bicyclic) bond motifs is 1. The van der Waals surface area contributed by atoms with Crippen molar-refractivity contribution in [3.05, 3.63) is 89.6 Å². The maximum Gasteiger partial charge on any atom is 0.253 e. The SMILES string of the molecule is O=C(c1ccc2n[nH]c(C#Cc3ccccc3-c3ccccc3)c2c1)N1CCNCC1. The number of amides is 1. The fraction of sp³-hybridized carbons (Fsp3) is 0.154. The highest BCUT2D eigenvalue weighted by Crippen LogP contribution is 2.23. The summed E-state index contributed by atoms with van der Waals surface area (Å²) in [7, 11) is 0. The molecule has 0 unspecified atom stereocenters. The Labute approximate surface area is 181 Å². The first kappa shape index (κ1) is 19.1. The van der Waals surface area contributed by atoms with Gasteiger partial charge in [-0.2, -0.15) is 5.10 Å². The van der Waals surface area contributed by atoms with E-state index in [2.05, 4.69) is 45.6 Å². The lowest BCUT2D eigenvalue weighted by atomic mass is 10.00. The van der Waals surface area contributed by atoms with Gasteiger partial charge in [-0.15, -0.1) is 0 Å². The van der Waals surface area contributed by atoms with Crippen LogP contribution in [0.2, 0.25) is 0 Å². The molecule has 1 aliphatic heterocycles. The summed E-state index contributed by atoms with van der Waals surface area (Å²) in [6.45, 7) is 3.12. The zero-order valence-electron chi connectivity index (χ0n) is 17.1. The van der Waals surface area contributed by atoms with Crippen LogP contribution in [0.5, 0.6) is 0 Å². The van der Waals surface area contributed by atoms with Crippen molar-refractivity contribution in [2.45, 2.75) is 0 Å². The van der Waals surface area contributed by atoms with E-state index >= 15 is 0 Å². The van der Waals surface area contributed by atoms with Crippen molar-refractivity contribution in [3.63, 3.8) is 0 Å². The molecular formula is C26H22N4O. The van der Waals surface area contributed by atoms with E-state index in [1.807, 2.05) is 59.5 Å². The molecule has 2 N–H and O–H groups in total. The smallest absolute Gasteiger partial charge is 0.253 e. The monoisotopic (exact) mass is 406 g/mol. The number of carbonyl (C=O) groups excluding carboxylic acids is 1. The molecule has 0 spiro atoms. The van der Waals surface area contributed by atoms with Crippen molar-refractivity contribution in [2.24, 2.45) is 0 Å². The highest BCUT2D eigenvalue weighted by atomic mass is 16.2. The molecule has 1 amide bonds. The van der Waals surface area contributed by atoms with Gasteiger partial charge in [-0.05, 0) is 41.3 Å². The quantitative estimate of drug-likeness (QED) is 0.500. The molecule has 0 atom stereocenters. The summed E-state index contributed by atoms with van der Waals surface area (Å²) >= 11 is 0. The van der Waals surface area contributed by atoms with E-state index in [0.29, 0.717) is 11.3 Å². The largest absolute Gasteiger partial charge is 0.336 e. The van der Waals surface area contributed by atoms with Crippen LogP contribution in [0.3, 0.4) is 0 Å². The molecule has 2 heterocycles. The highest BCUT2D eigenvalue weighted by molar-refractivity contribution is 5.99. The van der Waals surface area contributed by atoms with Gasteiger partial charge < -0.3 is 10.2 Å². The molecule has 4 aromatic rings. The first-order valence-electron chi connectivity index (χ1n) is 10.4. The summed E-state index contributed by atoms with van der Waals surface area (Å²) in [5.74, 6) is 6.58.